The van der Waals surface area contributed by atoms with Crippen molar-refractivity contribution in [3.05, 3.63) is 35.9 Å². The Bertz CT molecular complexity index is 298. The molecule has 0 spiro atoms. The predicted molar refractivity (Wildman–Crippen MR) is 66.1 cm³/mol. The van der Waals surface area contributed by atoms with Crippen LogP contribution in [0.25, 0.3) is 6.08 Å². The molecule has 0 aliphatic heterocycles. The zero-order valence-electron chi connectivity index (χ0n) is 9.86. The fourth-order valence-corrected chi connectivity index (χ4v) is 1.22. The van der Waals surface area contributed by atoms with E-state index in [4.69, 9.17) is 4.74 Å². The largest absolute Gasteiger partial charge is 0.493 e. The third kappa shape index (κ3) is 4.20. The highest BCUT2D eigenvalue weighted by molar-refractivity contribution is 5.50. The Labute approximate surface area is 92.8 Å². The zero-order valence-corrected chi connectivity index (χ0v) is 9.86. The van der Waals surface area contributed by atoms with Gasteiger partial charge in [-0.15, -0.1) is 0 Å². The van der Waals surface area contributed by atoms with Crippen molar-refractivity contribution in [2.45, 2.75) is 27.2 Å². The fraction of sp³-hybridized carbons (Fsp3) is 0.429. The van der Waals surface area contributed by atoms with E-state index in [0.29, 0.717) is 5.92 Å². The van der Waals surface area contributed by atoms with Gasteiger partial charge in [0.15, 0.2) is 0 Å². The van der Waals surface area contributed by atoms with Crippen molar-refractivity contribution in [2.75, 3.05) is 6.61 Å². The number of rotatable bonds is 5. The fourth-order valence-electron chi connectivity index (χ4n) is 1.22. The summed E-state index contributed by atoms with van der Waals surface area (Å²) in [4.78, 5) is 0. The van der Waals surface area contributed by atoms with Crippen LogP contribution in [-0.2, 0) is 0 Å². The Balaban J connectivity index is 2.49. The minimum absolute atomic E-state index is 0.625. The maximum atomic E-state index is 5.67. The van der Waals surface area contributed by atoms with Crippen molar-refractivity contribution < 1.29 is 4.74 Å². The van der Waals surface area contributed by atoms with Gasteiger partial charge in [-0.05, 0) is 30.5 Å². The molecule has 0 aliphatic rings. The highest BCUT2D eigenvalue weighted by Gasteiger charge is 1.99. The normalized spacial score (nSPS) is 13.0. The Morgan fingerprint density at radius 1 is 1.27 bits per heavy atom. The van der Waals surface area contributed by atoms with Crippen molar-refractivity contribution in [1.82, 2.24) is 0 Å². The van der Waals surface area contributed by atoms with Gasteiger partial charge in [0.2, 0.25) is 0 Å². The van der Waals surface area contributed by atoms with Gasteiger partial charge in [-0.3, -0.25) is 0 Å². The molecule has 0 unspecified atom stereocenters. The van der Waals surface area contributed by atoms with E-state index in [2.05, 4.69) is 32.1 Å². The topological polar surface area (TPSA) is 9.23 Å². The molecule has 0 heterocycles. The van der Waals surface area contributed by atoms with Gasteiger partial charge in [-0.2, -0.15) is 0 Å². The number of hydrogen-bond acceptors (Lipinski definition) is 1. The van der Waals surface area contributed by atoms with Gasteiger partial charge in [-0.25, -0.2) is 0 Å². The van der Waals surface area contributed by atoms with E-state index in [9.17, 15) is 0 Å². The summed E-state index contributed by atoms with van der Waals surface area (Å²) in [6.07, 6.45) is 5.28. The molecular formula is C14H20O. The molecule has 1 aromatic carbocycles. The maximum absolute atomic E-state index is 5.67. The standard InChI is InChI=1S/C14H20O/c1-4-6-13-7-9-14(10-8-13)15-11-12(3)5-2/h4,6-10,12H,5,11H2,1-3H3/b6-4+/t12-/m0/s1. The van der Waals surface area contributed by atoms with Gasteiger partial charge in [0.1, 0.15) is 5.75 Å². The molecule has 0 saturated heterocycles. The summed E-state index contributed by atoms with van der Waals surface area (Å²) in [5.41, 5.74) is 1.22. The van der Waals surface area contributed by atoms with E-state index < -0.39 is 0 Å². The van der Waals surface area contributed by atoms with E-state index >= 15 is 0 Å². The Morgan fingerprint density at radius 3 is 2.47 bits per heavy atom. The molecule has 1 atom stereocenters. The maximum Gasteiger partial charge on any atom is 0.119 e. The van der Waals surface area contributed by atoms with Gasteiger partial charge in [0.05, 0.1) is 6.61 Å². The third-order valence-corrected chi connectivity index (χ3v) is 2.47. The first-order valence-electron chi connectivity index (χ1n) is 5.61. The average Bonchev–Trinajstić information content (AvgIpc) is 2.28. The first-order chi connectivity index (χ1) is 7.26. The van der Waals surface area contributed by atoms with E-state index in [1.165, 1.54) is 5.56 Å². The second-order valence-electron chi connectivity index (χ2n) is 3.89. The second kappa shape index (κ2) is 6.28. The van der Waals surface area contributed by atoms with Crippen LogP contribution >= 0.6 is 0 Å². The molecule has 0 fully saturated rings. The van der Waals surface area contributed by atoms with Gasteiger partial charge >= 0.3 is 0 Å². The molecular weight excluding hydrogens is 184 g/mol. The lowest BCUT2D eigenvalue weighted by molar-refractivity contribution is 0.256. The predicted octanol–water partition coefficient (Wildman–Crippen LogP) is 4.14. The molecule has 0 aliphatic carbocycles. The van der Waals surface area contributed by atoms with E-state index in [0.717, 1.165) is 18.8 Å². The van der Waals surface area contributed by atoms with Gasteiger partial charge < -0.3 is 4.74 Å². The third-order valence-electron chi connectivity index (χ3n) is 2.47. The molecule has 1 rings (SSSR count). The van der Waals surface area contributed by atoms with E-state index in [1.807, 2.05) is 25.1 Å². The molecule has 0 aromatic heterocycles. The quantitative estimate of drug-likeness (QED) is 0.700. The minimum Gasteiger partial charge on any atom is -0.493 e. The first-order valence-corrected chi connectivity index (χ1v) is 5.61. The molecule has 1 heteroatoms. The molecule has 1 aromatic rings. The molecule has 15 heavy (non-hydrogen) atoms. The highest BCUT2D eigenvalue weighted by atomic mass is 16.5. The van der Waals surface area contributed by atoms with E-state index in [-0.39, 0.29) is 0 Å². The van der Waals surface area contributed by atoms with Crippen LogP contribution < -0.4 is 4.74 Å². The van der Waals surface area contributed by atoms with Crippen LogP contribution in [0.1, 0.15) is 32.8 Å². The molecule has 0 bridgehead atoms. The van der Waals surface area contributed by atoms with Crippen LogP contribution in [0, 0.1) is 5.92 Å². The van der Waals surface area contributed by atoms with Crippen molar-refractivity contribution in [3.63, 3.8) is 0 Å². The molecule has 1 nitrogen and oxygen atoms in total. The summed E-state index contributed by atoms with van der Waals surface area (Å²) < 4.78 is 5.67. The van der Waals surface area contributed by atoms with Crippen LogP contribution in [0.5, 0.6) is 5.75 Å². The summed E-state index contributed by atoms with van der Waals surface area (Å²) in [6, 6.07) is 8.20. The first kappa shape index (κ1) is 11.8. The number of hydrogen-bond donors (Lipinski definition) is 0. The zero-order chi connectivity index (χ0) is 11.1. The van der Waals surface area contributed by atoms with Crippen molar-refractivity contribution >= 4 is 6.08 Å². The van der Waals surface area contributed by atoms with Crippen molar-refractivity contribution in [3.8, 4) is 5.75 Å². The second-order valence-corrected chi connectivity index (χ2v) is 3.89. The lowest BCUT2D eigenvalue weighted by Gasteiger charge is -2.10. The lowest BCUT2D eigenvalue weighted by Crippen LogP contribution is -2.06. The summed E-state index contributed by atoms with van der Waals surface area (Å²) in [6.45, 7) is 7.21. The van der Waals surface area contributed by atoms with Crippen molar-refractivity contribution in [2.24, 2.45) is 5.92 Å². The van der Waals surface area contributed by atoms with Crippen LogP contribution in [0.4, 0.5) is 0 Å². The summed E-state index contributed by atoms with van der Waals surface area (Å²) >= 11 is 0. The molecule has 0 amide bonds. The lowest BCUT2D eigenvalue weighted by atomic mass is 10.1. The van der Waals surface area contributed by atoms with Gasteiger partial charge in [0.25, 0.3) is 0 Å². The van der Waals surface area contributed by atoms with Gasteiger partial charge in [0, 0.05) is 0 Å². The summed E-state index contributed by atoms with van der Waals surface area (Å²) in [5, 5.41) is 0. The van der Waals surface area contributed by atoms with Crippen LogP contribution in [0.2, 0.25) is 0 Å². The molecule has 0 radical (unpaired) electrons. The van der Waals surface area contributed by atoms with E-state index in [1.54, 1.807) is 0 Å². The van der Waals surface area contributed by atoms with Crippen LogP contribution in [-0.4, -0.2) is 6.61 Å². The number of allylic oxidation sites excluding steroid dienone is 1. The molecule has 82 valence electrons. The van der Waals surface area contributed by atoms with Gasteiger partial charge in [-0.1, -0.05) is 44.6 Å². The molecule has 0 N–H and O–H groups in total. The Hall–Kier alpha value is -1.24. The number of ether oxygens (including phenoxy) is 1. The smallest absolute Gasteiger partial charge is 0.119 e. The van der Waals surface area contributed by atoms with Crippen LogP contribution in [0.15, 0.2) is 30.3 Å². The monoisotopic (exact) mass is 204 g/mol. The number of benzene rings is 1. The van der Waals surface area contributed by atoms with Crippen LogP contribution in [0.3, 0.4) is 0 Å². The van der Waals surface area contributed by atoms with Crippen molar-refractivity contribution in [1.29, 1.82) is 0 Å². The Kier molecular flexibility index (Phi) is 4.96. The highest BCUT2D eigenvalue weighted by Crippen LogP contribution is 2.14. The minimum atomic E-state index is 0.625. The summed E-state index contributed by atoms with van der Waals surface area (Å²) in [5.74, 6) is 1.59. The summed E-state index contributed by atoms with van der Waals surface area (Å²) in [7, 11) is 0. The average molecular weight is 204 g/mol. The molecule has 0 saturated carbocycles. The SMILES string of the molecule is C/C=C/c1ccc(OC[C@@H](C)CC)cc1. The Morgan fingerprint density at radius 2 is 1.93 bits per heavy atom.